The maximum atomic E-state index is 13.0. The highest BCUT2D eigenvalue weighted by atomic mass is 16.5. The van der Waals surface area contributed by atoms with Gasteiger partial charge in [0.05, 0.1) is 48.2 Å². The van der Waals surface area contributed by atoms with Crippen LogP contribution in [0.1, 0.15) is 52.1 Å². The normalized spacial score (nSPS) is 18.8. The smallest absolute Gasteiger partial charge is 0.259 e. The predicted octanol–water partition coefficient (Wildman–Crippen LogP) is 4.11. The summed E-state index contributed by atoms with van der Waals surface area (Å²) in [5, 5.41) is 7.35. The van der Waals surface area contributed by atoms with E-state index in [4.69, 9.17) is 9.72 Å². The molecule has 3 aromatic rings. The molecule has 1 atom stereocenters. The molecule has 1 unspecified atom stereocenters. The van der Waals surface area contributed by atoms with Gasteiger partial charge in [-0.1, -0.05) is 12.1 Å². The molecule has 2 aliphatic rings. The van der Waals surface area contributed by atoms with E-state index in [1.54, 1.807) is 23.3 Å². The fourth-order valence-electron chi connectivity index (χ4n) is 4.94. The van der Waals surface area contributed by atoms with E-state index in [1.165, 1.54) is 5.57 Å². The van der Waals surface area contributed by atoms with Gasteiger partial charge < -0.3 is 10.1 Å². The molecule has 0 bridgehead atoms. The molecule has 1 aliphatic heterocycles. The Labute approximate surface area is 206 Å². The molecule has 35 heavy (non-hydrogen) atoms. The lowest BCUT2D eigenvalue weighted by Gasteiger charge is -2.36. The molecule has 1 N–H and O–H groups in total. The summed E-state index contributed by atoms with van der Waals surface area (Å²) in [5.41, 5.74) is 6.39. The number of aromatic nitrogens is 4. The van der Waals surface area contributed by atoms with Crippen molar-refractivity contribution >= 4 is 17.2 Å². The van der Waals surface area contributed by atoms with Crippen LogP contribution in [0.2, 0.25) is 0 Å². The monoisotopic (exact) mass is 472 g/mol. The first-order valence-corrected chi connectivity index (χ1v) is 12.3. The Morgan fingerprint density at radius 3 is 2.60 bits per heavy atom. The van der Waals surface area contributed by atoms with Gasteiger partial charge in [0.2, 0.25) is 0 Å². The first kappa shape index (κ1) is 23.4. The summed E-state index contributed by atoms with van der Waals surface area (Å²) >= 11 is 0. The minimum Gasteiger partial charge on any atom is -0.379 e. The number of nitrogens with one attached hydrogen (secondary N) is 1. The number of carbonyl (C=O) groups is 1. The van der Waals surface area contributed by atoms with Gasteiger partial charge >= 0.3 is 0 Å². The van der Waals surface area contributed by atoms with E-state index in [1.807, 2.05) is 32.0 Å². The fraction of sp³-hybridized carbons (Fsp3) is 0.407. The number of rotatable bonds is 5. The summed E-state index contributed by atoms with van der Waals surface area (Å²) in [4.78, 5) is 24.7. The van der Waals surface area contributed by atoms with Crippen LogP contribution in [0, 0.1) is 20.8 Å². The molecule has 182 valence electrons. The molecule has 0 radical (unpaired) electrons. The standard InChI is InChI=1S/C27H32N6O2/c1-18-4-9-25(28-15-18)33-20(3)24(17-30-33)27(34)31-22-14-19(2)26(29-16-22)21-5-7-23(8-6-21)32-10-12-35-13-11-32/h4-5,9,14-17,23H,6-8,10-13H2,1-3H3,(H,31,34). The number of carbonyl (C=O) groups excluding carboxylic acids is 1. The van der Waals surface area contributed by atoms with Crippen molar-refractivity contribution in [1.29, 1.82) is 0 Å². The zero-order valence-corrected chi connectivity index (χ0v) is 20.6. The van der Waals surface area contributed by atoms with Crippen LogP contribution in [-0.2, 0) is 4.74 Å². The summed E-state index contributed by atoms with van der Waals surface area (Å²) in [5.74, 6) is 0.477. The average Bonchev–Trinajstić information content (AvgIpc) is 3.27. The molecular weight excluding hydrogens is 440 g/mol. The number of nitrogens with zero attached hydrogens (tertiary/aromatic N) is 5. The zero-order chi connectivity index (χ0) is 24.4. The second-order valence-corrected chi connectivity index (χ2v) is 9.40. The molecule has 5 rings (SSSR count). The van der Waals surface area contributed by atoms with Gasteiger partial charge in [0, 0.05) is 25.3 Å². The highest BCUT2D eigenvalue weighted by molar-refractivity contribution is 6.05. The lowest BCUT2D eigenvalue weighted by atomic mass is 9.90. The number of morpholine rings is 1. The summed E-state index contributed by atoms with van der Waals surface area (Å²) in [6.07, 6.45) is 10.7. The van der Waals surface area contributed by atoms with Gasteiger partial charge in [-0.3, -0.25) is 14.7 Å². The molecule has 1 saturated heterocycles. The highest BCUT2D eigenvalue weighted by Gasteiger charge is 2.24. The molecule has 8 heteroatoms. The molecule has 1 aliphatic carbocycles. The van der Waals surface area contributed by atoms with Crippen molar-refractivity contribution in [2.75, 3.05) is 31.6 Å². The van der Waals surface area contributed by atoms with Crippen molar-refractivity contribution in [3.05, 3.63) is 70.9 Å². The lowest BCUT2D eigenvalue weighted by molar-refractivity contribution is 0.0150. The van der Waals surface area contributed by atoms with Crippen LogP contribution in [0.15, 0.2) is 42.9 Å². The van der Waals surface area contributed by atoms with Crippen molar-refractivity contribution in [3.63, 3.8) is 0 Å². The van der Waals surface area contributed by atoms with Crippen molar-refractivity contribution in [2.45, 2.75) is 46.1 Å². The Kier molecular flexibility index (Phi) is 6.74. The molecule has 0 saturated carbocycles. The Morgan fingerprint density at radius 1 is 1.09 bits per heavy atom. The topological polar surface area (TPSA) is 85.2 Å². The molecule has 3 aromatic heterocycles. The Morgan fingerprint density at radius 2 is 1.91 bits per heavy atom. The van der Waals surface area contributed by atoms with Gasteiger partial charge in [-0.2, -0.15) is 5.10 Å². The molecule has 0 aromatic carbocycles. The van der Waals surface area contributed by atoms with Crippen LogP contribution in [0.25, 0.3) is 11.4 Å². The van der Waals surface area contributed by atoms with Crippen LogP contribution in [-0.4, -0.2) is 62.9 Å². The summed E-state index contributed by atoms with van der Waals surface area (Å²) < 4.78 is 7.17. The third kappa shape index (κ3) is 5.04. The van der Waals surface area contributed by atoms with Crippen LogP contribution in [0.3, 0.4) is 0 Å². The Hall–Kier alpha value is -3.36. The number of hydrogen-bond acceptors (Lipinski definition) is 6. The van der Waals surface area contributed by atoms with Crippen LogP contribution < -0.4 is 5.32 Å². The van der Waals surface area contributed by atoms with Gasteiger partial charge in [0.1, 0.15) is 0 Å². The third-order valence-electron chi connectivity index (χ3n) is 6.95. The molecule has 8 nitrogen and oxygen atoms in total. The molecule has 1 fully saturated rings. The number of aryl methyl sites for hydroxylation is 2. The number of ether oxygens (including phenoxy) is 1. The lowest BCUT2D eigenvalue weighted by Crippen LogP contribution is -2.43. The second kappa shape index (κ2) is 10.1. The van der Waals surface area contributed by atoms with Crippen molar-refractivity contribution in [3.8, 4) is 5.82 Å². The second-order valence-electron chi connectivity index (χ2n) is 9.40. The van der Waals surface area contributed by atoms with E-state index in [0.717, 1.165) is 68.1 Å². The maximum Gasteiger partial charge on any atom is 0.259 e. The van der Waals surface area contributed by atoms with Gasteiger partial charge in [-0.15, -0.1) is 0 Å². The van der Waals surface area contributed by atoms with Crippen LogP contribution in [0.4, 0.5) is 5.69 Å². The van der Waals surface area contributed by atoms with E-state index < -0.39 is 0 Å². The number of amides is 1. The zero-order valence-electron chi connectivity index (χ0n) is 20.6. The van der Waals surface area contributed by atoms with Crippen molar-refractivity contribution < 1.29 is 9.53 Å². The van der Waals surface area contributed by atoms with Gasteiger partial charge in [-0.25, -0.2) is 9.67 Å². The minimum absolute atomic E-state index is 0.208. The quantitative estimate of drug-likeness (QED) is 0.602. The minimum atomic E-state index is -0.208. The highest BCUT2D eigenvalue weighted by Crippen LogP contribution is 2.31. The van der Waals surface area contributed by atoms with E-state index in [2.05, 4.69) is 33.3 Å². The summed E-state index contributed by atoms with van der Waals surface area (Å²) in [6, 6.07) is 6.47. The van der Waals surface area contributed by atoms with Gasteiger partial charge in [0.25, 0.3) is 5.91 Å². The van der Waals surface area contributed by atoms with E-state index >= 15 is 0 Å². The summed E-state index contributed by atoms with van der Waals surface area (Å²) in [6.45, 7) is 9.64. The van der Waals surface area contributed by atoms with Crippen molar-refractivity contribution in [2.24, 2.45) is 0 Å². The maximum absolute atomic E-state index is 13.0. The molecule has 0 spiro atoms. The van der Waals surface area contributed by atoms with Crippen LogP contribution >= 0.6 is 0 Å². The average molecular weight is 473 g/mol. The van der Waals surface area contributed by atoms with E-state index in [-0.39, 0.29) is 5.91 Å². The Bertz CT molecular complexity index is 1240. The number of hydrogen-bond donors (Lipinski definition) is 1. The molecule has 4 heterocycles. The van der Waals surface area contributed by atoms with Crippen molar-refractivity contribution in [1.82, 2.24) is 24.6 Å². The van der Waals surface area contributed by atoms with E-state index in [0.29, 0.717) is 23.1 Å². The largest absolute Gasteiger partial charge is 0.379 e. The number of allylic oxidation sites excluding steroid dienone is 1. The van der Waals surface area contributed by atoms with Crippen LogP contribution in [0.5, 0.6) is 0 Å². The molecule has 1 amide bonds. The van der Waals surface area contributed by atoms with Gasteiger partial charge in [0.15, 0.2) is 5.82 Å². The number of anilines is 1. The summed E-state index contributed by atoms with van der Waals surface area (Å²) in [7, 11) is 0. The fourth-order valence-corrected chi connectivity index (χ4v) is 4.94. The third-order valence-corrected chi connectivity index (χ3v) is 6.95. The number of pyridine rings is 2. The predicted molar refractivity (Wildman–Crippen MR) is 136 cm³/mol. The Balaban J connectivity index is 1.26. The van der Waals surface area contributed by atoms with E-state index in [9.17, 15) is 4.79 Å². The SMILES string of the molecule is Cc1ccc(-n2ncc(C(=O)Nc3cnc(C4=CCC(N5CCOCC5)CC4)c(C)c3)c2C)nc1. The first-order chi connectivity index (χ1) is 17.0. The molecular formula is C27H32N6O2. The van der Waals surface area contributed by atoms with Gasteiger partial charge in [-0.05, 0) is 68.9 Å². The first-order valence-electron chi connectivity index (χ1n) is 12.3.